The summed E-state index contributed by atoms with van der Waals surface area (Å²) >= 11 is 0.967. The van der Waals surface area contributed by atoms with E-state index in [0.717, 1.165) is 28.0 Å². The molecule has 0 atom stereocenters. The lowest BCUT2D eigenvalue weighted by atomic mass is 10.2. The number of guanidine groups is 1. The van der Waals surface area contributed by atoms with Gasteiger partial charge in [-0.2, -0.15) is 13.2 Å². The zero-order valence-electron chi connectivity index (χ0n) is 15.8. The van der Waals surface area contributed by atoms with Gasteiger partial charge in [-0.3, -0.25) is 0 Å². The van der Waals surface area contributed by atoms with E-state index in [4.69, 9.17) is 4.74 Å². The smallest absolute Gasteiger partial charge is 0.434 e. The van der Waals surface area contributed by atoms with Crippen LogP contribution < -0.4 is 15.4 Å². The maximum Gasteiger partial charge on any atom is 0.434 e. The van der Waals surface area contributed by atoms with Crippen LogP contribution in [-0.2, 0) is 19.3 Å². The molecule has 1 aromatic heterocycles. The Hall–Kier alpha value is -1.56. The fraction of sp³-hybridized carbons (Fsp3) is 0.444. The standard InChI is InChI=1S/C18H23F3N4OS.HI/c1-4-22-17(24-10-16-25-15(11-27-16)18(19,20)21)23-9-13-5-7-14(8-6-13)26-12(2)3;/h5-8,11-12H,4,9-10H2,1-3H3,(H2,22,23,24);1H. The monoisotopic (exact) mass is 528 g/mol. The number of ether oxygens (including phenoxy) is 1. The Morgan fingerprint density at radius 3 is 2.43 bits per heavy atom. The molecule has 156 valence electrons. The van der Waals surface area contributed by atoms with E-state index in [9.17, 15) is 13.2 Å². The van der Waals surface area contributed by atoms with Crippen LogP contribution in [0.25, 0.3) is 0 Å². The van der Waals surface area contributed by atoms with E-state index >= 15 is 0 Å². The number of halogens is 4. The number of alkyl halides is 3. The van der Waals surface area contributed by atoms with Crippen LogP contribution in [0, 0.1) is 0 Å². The van der Waals surface area contributed by atoms with Gasteiger partial charge in [-0.1, -0.05) is 12.1 Å². The quantitative estimate of drug-likeness (QED) is 0.308. The highest BCUT2D eigenvalue weighted by molar-refractivity contribution is 14.0. The summed E-state index contributed by atoms with van der Waals surface area (Å²) in [5.41, 5.74) is 0.131. The van der Waals surface area contributed by atoms with Crippen molar-refractivity contribution in [3.63, 3.8) is 0 Å². The number of rotatable bonds is 7. The average Bonchev–Trinajstić information content (AvgIpc) is 3.07. The van der Waals surface area contributed by atoms with Crippen LogP contribution in [-0.4, -0.2) is 23.6 Å². The molecule has 0 unspecified atom stereocenters. The molecular formula is C18H24F3IN4OS. The summed E-state index contributed by atoms with van der Waals surface area (Å²) in [7, 11) is 0. The third kappa shape index (κ3) is 8.21. The molecule has 0 aliphatic carbocycles. The van der Waals surface area contributed by atoms with Crippen molar-refractivity contribution in [2.75, 3.05) is 6.54 Å². The first-order valence-corrected chi connectivity index (χ1v) is 9.45. The lowest BCUT2D eigenvalue weighted by Gasteiger charge is -2.11. The van der Waals surface area contributed by atoms with E-state index in [2.05, 4.69) is 20.6 Å². The van der Waals surface area contributed by atoms with Crippen LogP contribution >= 0.6 is 35.3 Å². The van der Waals surface area contributed by atoms with Gasteiger partial charge < -0.3 is 15.4 Å². The van der Waals surface area contributed by atoms with Gasteiger partial charge in [0.15, 0.2) is 11.7 Å². The highest BCUT2D eigenvalue weighted by Gasteiger charge is 2.33. The zero-order valence-corrected chi connectivity index (χ0v) is 19.0. The molecule has 0 amide bonds. The number of nitrogens with one attached hydrogen (secondary N) is 2. The number of thiazole rings is 1. The van der Waals surface area contributed by atoms with Gasteiger partial charge in [0.25, 0.3) is 0 Å². The third-order valence-electron chi connectivity index (χ3n) is 3.31. The molecule has 0 fully saturated rings. The van der Waals surface area contributed by atoms with Gasteiger partial charge in [0.05, 0.1) is 19.2 Å². The van der Waals surface area contributed by atoms with E-state index in [1.807, 2.05) is 45.0 Å². The molecule has 0 saturated carbocycles. The summed E-state index contributed by atoms with van der Waals surface area (Å²) in [6.07, 6.45) is -4.30. The largest absolute Gasteiger partial charge is 0.491 e. The minimum absolute atomic E-state index is 0. The minimum Gasteiger partial charge on any atom is -0.491 e. The molecule has 0 bridgehead atoms. The fourth-order valence-corrected chi connectivity index (χ4v) is 2.88. The number of hydrogen-bond acceptors (Lipinski definition) is 4. The van der Waals surface area contributed by atoms with Crippen LogP contribution in [0.15, 0.2) is 34.6 Å². The van der Waals surface area contributed by atoms with Gasteiger partial charge in [-0.15, -0.1) is 35.3 Å². The number of aromatic nitrogens is 1. The summed E-state index contributed by atoms with van der Waals surface area (Å²) in [6.45, 7) is 7.09. The average molecular weight is 528 g/mol. The summed E-state index contributed by atoms with van der Waals surface area (Å²) in [5, 5.41) is 7.44. The van der Waals surface area contributed by atoms with Crippen molar-refractivity contribution in [2.24, 2.45) is 4.99 Å². The van der Waals surface area contributed by atoms with Crippen molar-refractivity contribution in [1.29, 1.82) is 0 Å². The molecule has 10 heteroatoms. The summed E-state index contributed by atoms with van der Waals surface area (Å²) < 4.78 is 43.4. The van der Waals surface area contributed by atoms with Crippen molar-refractivity contribution in [1.82, 2.24) is 15.6 Å². The molecule has 1 heterocycles. The zero-order chi connectivity index (χ0) is 19.9. The number of hydrogen-bond donors (Lipinski definition) is 2. The van der Waals surface area contributed by atoms with E-state index < -0.39 is 11.9 Å². The van der Waals surface area contributed by atoms with Crippen LogP contribution in [0.2, 0.25) is 0 Å². The van der Waals surface area contributed by atoms with Crippen molar-refractivity contribution in [3.8, 4) is 5.75 Å². The second kappa shape index (κ2) is 11.4. The fourth-order valence-electron chi connectivity index (χ4n) is 2.14. The van der Waals surface area contributed by atoms with E-state index in [-0.39, 0.29) is 36.6 Å². The van der Waals surface area contributed by atoms with Crippen molar-refractivity contribution in [3.05, 3.63) is 45.9 Å². The second-order valence-electron chi connectivity index (χ2n) is 5.98. The molecular weight excluding hydrogens is 504 g/mol. The molecule has 28 heavy (non-hydrogen) atoms. The molecule has 0 aliphatic heterocycles. The topological polar surface area (TPSA) is 58.5 Å². The lowest BCUT2D eigenvalue weighted by Crippen LogP contribution is -2.36. The van der Waals surface area contributed by atoms with Gasteiger partial charge in [-0.25, -0.2) is 9.98 Å². The van der Waals surface area contributed by atoms with Crippen molar-refractivity contribution < 1.29 is 17.9 Å². The summed E-state index contributed by atoms with van der Waals surface area (Å²) in [5.74, 6) is 1.32. The number of benzene rings is 1. The Labute approximate surface area is 183 Å². The van der Waals surface area contributed by atoms with Crippen LogP contribution in [0.1, 0.15) is 37.0 Å². The summed E-state index contributed by atoms with van der Waals surface area (Å²) in [4.78, 5) is 8.05. The third-order valence-corrected chi connectivity index (χ3v) is 4.16. The predicted octanol–water partition coefficient (Wildman–Crippen LogP) is 4.82. The first-order valence-electron chi connectivity index (χ1n) is 8.57. The van der Waals surface area contributed by atoms with Crippen LogP contribution in [0.5, 0.6) is 5.75 Å². The lowest BCUT2D eigenvalue weighted by molar-refractivity contribution is -0.140. The number of nitrogens with zero attached hydrogens (tertiary/aromatic N) is 2. The normalized spacial score (nSPS) is 11.9. The summed E-state index contributed by atoms with van der Waals surface area (Å²) in [6, 6.07) is 7.64. The maximum atomic E-state index is 12.6. The van der Waals surface area contributed by atoms with Crippen LogP contribution in [0.3, 0.4) is 0 Å². The van der Waals surface area contributed by atoms with Gasteiger partial charge in [0.1, 0.15) is 10.8 Å². The van der Waals surface area contributed by atoms with Crippen molar-refractivity contribution >= 4 is 41.3 Å². The van der Waals surface area contributed by atoms with Gasteiger partial charge in [-0.05, 0) is 38.5 Å². The molecule has 0 spiro atoms. The maximum absolute atomic E-state index is 12.6. The van der Waals surface area contributed by atoms with Crippen LogP contribution in [0.4, 0.5) is 13.2 Å². The Bertz CT molecular complexity index is 748. The Morgan fingerprint density at radius 2 is 1.89 bits per heavy atom. The Kier molecular flexibility index (Phi) is 10.0. The van der Waals surface area contributed by atoms with Gasteiger partial charge >= 0.3 is 6.18 Å². The highest BCUT2D eigenvalue weighted by atomic mass is 127. The second-order valence-corrected chi connectivity index (χ2v) is 6.93. The highest BCUT2D eigenvalue weighted by Crippen LogP contribution is 2.29. The molecule has 2 rings (SSSR count). The molecule has 1 aromatic carbocycles. The van der Waals surface area contributed by atoms with Gasteiger partial charge in [0, 0.05) is 11.9 Å². The van der Waals surface area contributed by atoms with Gasteiger partial charge in [0.2, 0.25) is 0 Å². The Morgan fingerprint density at radius 1 is 1.21 bits per heavy atom. The first-order chi connectivity index (χ1) is 12.8. The molecule has 0 radical (unpaired) electrons. The number of aliphatic imine (C=N–C) groups is 1. The molecule has 2 aromatic rings. The molecule has 0 saturated heterocycles. The van der Waals surface area contributed by atoms with Crippen molar-refractivity contribution in [2.45, 2.75) is 46.1 Å². The van der Waals surface area contributed by atoms with E-state index in [1.165, 1.54) is 0 Å². The SMILES string of the molecule is CCNC(=NCc1ccc(OC(C)C)cc1)NCc1nc(C(F)(F)F)cs1.I. The van der Waals surface area contributed by atoms with E-state index in [0.29, 0.717) is 24.1 Å². The van der Waals surface area contributed by atoms with E-state index in [1.54, 1.807) is 0 Å². The molecule has 5 nitrogen and oxygen atoms in total. The molecule has 0 aliphatic rings. The Balaban J connectivity index is 0.00000392. The minimum atomic E-state index is -4.42. The molecule has 2 N–H and O–H groups in total. The predicted molar refractivity (Wildman–Crippen MR) is 116 cm³/mol. The first kappa shape index (κ1) is 24.5.